The minimum atomic E-state index is -3.49. The molecule has 0 bridgehead atoms. The molecule has 0 radical (unpaired) electrons. The summed E-state index contributed by atoms with van der Waals surface area (Å²) in [6.07, 6.45) is 1.17. The average Bonchev–Trinajstić information content (AvgIpc) is 2.68. The van der Waals surface area contributed by atoms with Crippen molar-refractivity contribution in [2.75, 3.05) is 19.7 Å². The molecular formula is C22H28N2O4S. The lowest BCUT2D eigenvalue weighted by Gasteiger charge is -2.31. The highest BCUT2D eigenvalue weighted by Crippen LogP contribution is 2.21. The van der Waals surface area contributed by atoms with Crippen LogP contribution in [0.3, 0.4) is 0 Å². The first-order chi connectivity index (χ1) is 13.8. The van der Waals surface area contributed by atoms with E-state index in [0.29, 0.717) is 36.6 Å². The summed E-state index contributed by atoms with van der Waals surface area (Å²) in [7, 11) is -3.49. The average molecular weight is 417 g/mol. The lowest BCUT2D eigenvalue weighted by atomic mass is 10.1. The summed E-state index contributed by atoms with van der Waals surface area (Å²) >= 11 is 0. The highest BCUT2D eigenvalue weighted by atomic mass is 32.2. The molecule has 0 aromatic heterocycles. The second-order valence-corrected chi connectivity index (χ2v) is 9.55. The molecule has 1 fully saturated rings. The van der Waals surface area contributed by atoms with Crippen molar-refractivity contribution in [2.45, 2.75) is 44.6 Å². The molecule has 1 saturated heterocycles. The number of amides is 1. The lowest BCUT2D eigenvalue weighted by Crippen LogP contribution is -2.47. The summed E-state index contributed by atoms with van der Waals surface area (Å²) in [5.41, 5.74) is 3.16. The van der Waals surface area contributed by atoms with E-state index in [1.54, 1.807) is 24.3 Å². The molecule has 1 heterocycles. The van der Waals surface area contributed by atoms with Crippen LogP contribution in [0.5, 0.6) is 5.75 Å². The van der Waals surface area contributed by atoms with Crippen LogP contribution in [0.25, 0.3) is 0 Å². The summed E-state index contributed by atoms with van der Waals surface area (Å²) in [5, 5.41) is 2.95. The van der Waals surface area contributed by atoms with Crippen LogP contribution < -0.4 is 10.1 Å². The van der Waals surface area contributed by atoms with E-state index in [1.165, 1.54) is 4.31 Å². The standard InChI is InChI=1S/C22H28N2O4S/c1-16-4-7-20(8-5-16)29(26,27)24-12-10-19(11-13-24)23-22(25)15-28-21-9-6-17(2)14-18(21)3/h4-9,14,19H,10-13,15H2,1-3H3,(H,23,25). The largest absolute Gasteiger partial charge is 0.484 e. The quantitative estimate of drug-likeness (QED) is 0.786. The van der Waals surface area contributed by atoms with Gasteiger partial charge in [0.1, 0.15) is 5.75 Å². The number of nitrogens with one attached hydrogen (secondary N) is 1. The van der Waals surface area contributed by atoms with Gasteiger partial charge >= 0.3 is 0 Å². The zero-order valence-electron chi connectivity index (χ0n) is 17.1. The normalized spacial score (nSPS) is 15.8. The molecule has 0 aliphatic carbocycles. The van der Waals surface area contributed by atoms with Crippen molar-refractivity contribution >= 4 is 15.9 Å². The molecule has 1 N–H and O–H groups in total. The molecular weight excluding hydrogens is 388 g/mol. The third-order valence-electron chi connectivity index (χ3n) is 5.17. The zero-order valence-corrected chi connectivity index (χ0v) is 18.0. The fraction of sp³-hybridized carbons (Fsp3) is 0.409. The van der Waals surface area contributed by atoms with E-state index in [2.05, 4.69) is 5.32 Å². The van der Waals surface area contributed by atoms with Gasteiger partial charge in [-0.3, -0.25) is 4.79 Å². The number of carbonyl (C=O) groups is 1. The molecule has 156 valence electrons. The Morgan fingerprint density at radius 1 is 1.03 bits per heavy atom. The topological polar surface area (TPSA) is 75.7 Å². The van der Waals surface area contributed by atoms with Crippen molar-refractivity contribution in [1.82, 2.24) is 9.62 Å². The Hall–Kier alpha value is -2.38. The van der Waals surface area contributed by atoms with Crippen LogP contribution in [0, 0.1) is 20.8 Å². The summed E-state index contributed by atoms with van der Waals surface area (Å²) in [6, 6.07) is 12.7. The lowest BCUT2D eigenvalue weighted by molar-refractivity contribution is -0.124. The van der Waals surface area contributed by atoms with Crippen LogP contribution in [0.15, 0.2) is 47.4 Å². The number of sulfonamides is 1. The van der Waals surface area contributed by atoms with Gasteiger partial charge in [0.15, 0.2) is 6.61 Å². The maximum absolute atomic E-state index is 12.8. The number of nitrogens with zero attached hydrogens (tertiary/aromatic N) is 1. The van der Waals surface area contributed by atoms with Crippen LogP contribution in [-0.4, -0.2) is 44.4 Å². The second kappa shape index (κ2) is 8.97. The van der Waals surface area contributed by atoms with Crippen molar-refractivity contribution in [3.63, 3.8) is 0 Å². The molecule has 1 aliphatic rings. The van der Waals surface area contributed by atoms with Crippen molar-refractivity contribution in [2.24, 2.45) is 0 Å². The van der Waals surface area contributed by atoms with E-state index < -0.39 is 10.0 Å². The molecule has 6 nitrogen and oxygen atoms in total. The number of hydrogen-bond acceptors (Lipinski definition) is 4. The Morgan fingerprint density at radius 2 is 1.66 bits per heavy atom. The fourth-order valence-electron chi connectivity index (χ4n) is 3.47. The van der Waals surface area contributed by atoms with Gasteiger partial charge in [-0.15, -0.1) is 0 Å². The van der Waals surface area contributed by atoms with E-state index in [-0.39, 0.29) is 18.6 Å². The third kappa shape index (κ3) is 5.36. The summed E-state index contributed by atoms with van der Waals surface area (Å²) in [6.45, 7) is 6.61. The number of hydrogen-bond donors (Lipinski definition) is 1. The molecule has 0 spiro atoms. The predicted molar refractivity (Wildman–Crippen MR) is 113 cm³/mol. The number of ether oxygens (including phenoxy) is 1. The molecule has 3 rings (SSSR count). The molecule has 2 aromatic rings. The van der Waals surface area contributed by atoms with Crippen LogP contribution >= 0.6 is 0 Å². The second-order valence-electron chi connectivity index (χ2n) is 7.62. The Bertz CT molecular complexity index is 963. The number of rotatable bonds is 6. The first-order valence-corrected chi connectivity index (χ1v) is 11.3. The summed E-state index contributed by atoms with van der Waals surface area (Å²) < 4.78 is 32.6. The first kappa shape index (κ1) is 21.3. The van der Waals surface area contributed by atoms with Crippen LogP contribution in [0.4, 0.5) is 0 Å². The van der Waals surface area contributed by atoms with E-state index in [1.807, 2.05) is 39.0 Å². The van der Waals surface area contributed by atoms with E-state index in [9.17, 15) is 13.2 Å². The van der Waals surface area contributed by atoms with Gasteiger partial charge < -0.3 is 10.1 Å². The van der Waals surface area contributed by atoms with Crippen molar-refractivity contribution in [3.05, 3.63) is 59.2 Å². The van der Waals surface area contributed by atoms with E-state index in [4.69, 9.17) is 4.74 Å². The van der Waals surface area contributed by atoms with Crippen LogP contribution in [0.2, 0.25) is 0 Å². The highest BCUT2D eigenvalue weighted by Gasteiger charge is 2.29. The van der Waals surface area contributed by atoms with Crippen LogP contribution in [0.1, 0.15) is 29.5 Å². The number of aryl methyl sites for hydroxylation is 3. The Kier molecular flexibility index (Phi) is 6.59. The number of piperidine rings is 1. The number of carbonyl (C=O) groups excluding carboxylic acids is 1. The Morgan fingerprint density at radius 3 is 2.28 bits per heavy atom. The molecule has 0 atom stereocenters. The molecule has 29 heavy (non-hydrogen) atoms. The first-order valence-electron chi connectivity index (χ1n) is 9.82. The molecule has 0 unspecified atom stereocenters. The summed E-state index contributed by atoms with van der Waals surface area (Å²) in [5.74, 6) is 0.509. The van der Waals surface area contributed by atoms with Crippen molar-refractivity contribution in [3.8, 4) is 5.75 Å². The fourth-order valence-corrected chi connectivity index (χ4v) is 4.94. The Balaban J connectivity index is 1.49. The van der Waals surface area contributed by atoms with E-state index in [0.717, 1.165) is 16.7 Å². The van der Waals surface area contributed by atoms with Gasteiger partial charge in [0.25, 0.3) is 5.91 Å². The van der Waals surface area contributed by atoms with Gasteiger partial charge in [-0.25, -0.2) is 8.42 Å². The molecule has 7 heteroatoms. The van der Waals surface area contributed by atoms with Gasteiger partial charge in [-0.2, -0.15) is 4.31 Å². The molecule has 1 amide bonds. The molecule has 1 aliphatic heterocycles. The zero-order chi connectivity index (χ0) is 21.0. The van der Waals surface area contributed by atoms with Gasteiger partial charge in [-0.05, 0) is 57.4 Å². The summed E-state index contributed by atoms with van der Waals surface area (Å²) in [4.78, 5) is 12.5. The molecule has 2 aromatic carbocycles. The Labute approximate surface area is 172 Å². The van der Waals surface area contributed by atoms with Crippen LogP contribution in [-0.2, 0) is 14.8 Å². The third-order valence-corrected chi connectivity index (χ3v) is 7.08. The highest BCUT2D eigenvalue weighted by molar-refractivity contribution is 7.89. The van der Waals surface area contributed by atoms with Gasteiger partial charge in [0.2, 0.25) is 10.0 Å². The van der Waals surface area contributed by atoms with Crippen molar-refractivity contribution < 1.29 is 17.9 Å². The maximum Gasteiger partial charge on any atom is 0.258 e. The number of benzene rings is 2. The monoisotopic (exact) mass is 416 g/mol. The van der Waals surface area contributed by atoms with E-state index >= 15 is 0 Å². The smallest absolute Gasteiger partial charge is 0.258 e. The van der Waals surface area contributed by atoms with Gasteiger partial charge in [0, 0.05) is 19.1 Å². The maximum atomic E-state index is 12.8. The molecule has 0 saturated carbocycles. The van der Waals surface area contributed by atoms with Gasteiger partial charge in [-0.1, -0.05) is 35.4 Å². The van der Waals surface area contributed by atoms with Crippen molar-refractivity contribution in [1.29, 1.82) is 0 Å². The van der Waals surface area contributed by atoms with Gasteiger partial charge in [0.05, 0.1) is 4.90 Å². The predicted octanol–water partition coefficient (Wildman–Crippen LogP) is 2.96. The minimum absolute atomic E-state index is 0.0466. The SMILES string of the molecule is Cc1ccc(S(=O)(=O)N2CCC(NC(=O)COc3ccc(C)cc3C)CC2)cc1. The minimum Gasteiger partial charge on any atom is -0.484 e.